The molecule has 0 radical (unpaired) electrons. The Bertz CT molecular complexity index is 869. The number of hydrogen-bond donors (Lipinski definition) is 1. The zero-order valence-electron chi connectivity index (χ0n) is 14.2. The van der Waals surface area contributed by atoms with E-state index in [9.17, 15) is 4.57 Å². The maximum Gasteiger partial charge on any atom is 0.408 e. The summed E-state index contributed by atoms with van der Waals surface area (Å²) in [6, 6.07) is 0. The van der Waals surface area contributed by atoms with Gasteiger partial charge >= 0.3 is 7.75 Å². The second kappa shape index (κ2) is 6.24. The Balaban J connectivity index is 1.36. The van der Waals surface area contributed by atoms with Crippen molar-refractivity contribution < 1.29 is 18.3 Å². The van der Waals surface area contributed by atoms with Crippen LogP contribution in [0.5, 0.6) is 0 Å². The summed E-state index contributed by atoms with van der Waals surface area (Å²) in [6.45, 7) is 1.77. The number of anilines is 1. The van der Waals surface area contributed by atoms with Crippen LogP contribution in [0.25, 0.3) is 11.2 Å². The highest BCUT2D eigenvalue weighted by Gasteiger charge is 2.49. The first-order chi connectivity index (χ1) is 12.6. The van der Waals surface area contributed by atoms with Crippen molar-refractivity contribution in [3.8, 4) is 0 Å². The zero-order valence-corrected chi connectivity index (χ0v) is 15.1. The molecule has 10 nitrogen and oxygen atoms in total. The van der Waals surface area contributed by atoms with E-state index < -0.39 is 7.75 Å². The molecule has 4 atom stereocenters. The normalized spacial score (nSPS) is 35.6. The molecule has 26 heavy (non-hydrogen) atoms. The van der Waals surface area contributed by atoms with Crippen molar-refractivity contribution in [2.75, 3.05) is 25.4 Å². The minimum atomic E-state index is -3.24. The van der Waals surface area contributed by atoms with Gasteiger partial charge in [0.25, 0.3) is 0 Å². The molecular formula is C15H21N6O4P. The average molecular weight is 380 g/mol. The number of fused-ring (bicyclic) bond motifs is 2. The van der Waals surface area contributed by atoms with Crippen LogP contribution in [-0.4, -0.2) is 56.1 Å². The highest BCUT2D eigenvalue weighted by atomic mass is 31.2. The van der Waals surface area contributed by atoms with E-state index in [1.807, 2.05) is 9.24 Å². The predicted molar refractivity (Wildman–Crippen MR) is 92.1 cm³/mol. The fraction of sp³-hybridized carbons (Fsp3) is 0.667. The number of hydrogen-bond acceptors (Lipinski definition) is 8. The van der Waals surface area contributed by atoms with E-state index in [0.29, 0.717) is 23.4 Å². The first kappa shape index (κ1) is 16.6. The molecule has 0 saturated carbocycles. The number of nitrogen functional groups attached to an aromatic ring is 1. The second-order valence-corrected chi connectivity index (χ2v) is 8.84. The van der Waals surface area contributed by atoms with Crippen molar-refractivity contribution in [3.63, 3.8) is 0 Å². The molecule has 0 aliphatic carbocycles. The van der Waals surface area contributed by atoms with Gasteiger partial charge in [-0.2, -0.15) is 0 Å². The van der Waals surface area contributed by atoms with E-state index in [0.717, 1.165) is 32.4 Å². The zero-order chi connectivity index (χ0) is 17.7. The third-order valence-corrected chi connectivity index (χ3v) is 7.33. The summed E-state index contributed by atoms with van der Waals surface area (Å²) in [5.74, 6) is 0.332. The number of rotatable bonds is 2. The minimum absolute atomic E-state index is 0.261. The monoisotopic (exact) mass is 380 g/mol. The molecule has 0 aromatic carbocycles. The molecule has 2 N–H and O–H groups in total. The number of ether oxygens (including phenoxy) is 1. The van der Waals surface area contributed by atoms with Crippen LogP contribution in [0, 0.1) is 0 Å². The number of aromatic nitrogens is 4. The molecule has 0 spiro atoms. The van der Waals surface area contributed by atoms with Gasteiger partial charge < -0.3 is 10.5 Å². The van der Waals surface area contributed by atoms with Crippen LogP contribution in [0.15, 0.2) is 12.7 Å². The first-order valence-corrected chi connectivity index (χ1v) is 10.4. The number of nitrogens with two attached hydrogens (primary N) is 1. The molecule has 11 heteroatoms. The van der Waals surface area contributed by atoms with E-state index >= 15 is 0 Å². The second-order valence-electron chi connectivity index (χ2n) is 6.87. The summed E-state index contributed by atoms with van der Waals surface area (Å²) in [7, 11) is -3.24. The van der Waals surface area contributed by atoms with Crippen molar-refractivity contribution in [3.05, 3.63) is 12.7 Å². The Morgan fingerprint density at radius 1 is 1.15 bits per heavy atom. The van der Waals surface area contributed by atoms with E-state index in [1.165, 1.54) is 6.33 Å². The smallest absolute Gasteiger partial charge is 0.382 e. The van der Waals surface area contributed by atoms with Gasteiger partial charge in [0.15, 0.2) is 11.5 Å². The quantitative estimate of drug-likeness (QED) is 0.777. The summed E-state index contributed by atoms with van der Waals surface area (Å²) < 4.78 is 34.5. The van der Waals surface area contributed by atoms with Crippen LogP contribution >= 0.6 is 7.75 Å². The fourth-order valence-electron chi connectivity index (χ4n) is 3.85. The highest BCUT2D eigenvalue weighted by molar-refractivity contribution is 7.51. The molecule has 140 valence electrons. The summed E-state index contributed by atoms with van der Waals surface area (Å²) >= 11 is 0. The van der Waals surface area contributed by atoms with Gasteiger partial charge in [-0.25, -0.2) is 24.2 Å². The molecule has 3 aliphatic heterocycles. The van der Waals surface area contributed by atoms with Gasteiger partial charge in [-0.05, 0) is 12.8 Å². The lowest BCUT2D eigenvalue weighted by molar-refractivity contribution is -0.0639. The fourth-order valence-corrected chi connectivity index (χ4v) is 5.88. The van der Waals surface area contributed by atoms with Crippen LogP contribution in [0.4, 0.5) is 5.82 Å². The lowest BCUT2D eigenvalue weighted by Crippen LogP contribution is -2.39. The lowest BCUT2D eigenvalue weighted by Gasteiger charge is -2.38. The average Bonchev–Trinajstić information content (AvgIpc) is 3.26. The van der Waals surface area contributed by atoms with Gasteiger partial charge in [-0.1, -0.05) is 6.42 Å². The van der Waals surface area contributed by atoms with Crippen molar-refractivity contribution in [2.24, 2.45) is 0 Å². The molecule has 0 unspecified atom stereocenters. The molecule has 2 aromatic heterocycles. The van der Waals surface area contributed by atoms with Crippen LogP contribution < -0.4 is 5.73 Å². The van der Waals surface area contributed by atoms with Crippen LogP contribution in [-0.2, 0) is 18.3 Å². The number of nitrogens with zero attached hydrogens (tertiary/aromatic N) is 5. The molecule has 3 fully saturated rings. The van der Waals surface area contributed by atoms with Crippen LogP contribution in [0.1, 0.15) is 31.9 Å². The van der Waals surface area contributed by atoms with E-state index in [4.69, 9.17) is 19.5 Å². The standard InChI is InChI=1S/C15H21N6O4P/c16-14-13-15(18-8-17-14)21(9-19-13)12-6-10-11(24-12)7-23-26(22,25-10)20-4-2-1-3-5-20/h8-12H,1-7H2,(H2,16,17,18)/t10-,11+,12+,26+/m0/s1. The van der Waals surface area contributed by atoms with Gasteiger partial charge in [0, 0.05) is 19.5 Å². The van der Waals surface area contributed by atoms with Crippen molar-refractivity contribution in [1.82, 2.24) is 24.2 Å². The Morgan fingerprint density at radius 2 is 2.00 bits per heavy atom. The van der Waals surface area contributed by atoms with Crippen molar-refractivity contribution in [1.29, 1.82) is 0 Å². The van der Waals surface area contributed by atoms with Gasteiger partial charge in [-0.15, -0.1) is 0 Å². The molecule has 3 aliphatic rings. The van der Waals surface area contributed by atoms with Gasteiger partial charge in [0.05, 0.1) is 12.9 Å². The Morgan fingerprint density at radius 3 is 2.85 bits per heavy atom. The molecular weight excluding hydrogens is 359 g/mol. The predicted octanol–water partition coefficient (Wildman–Crippen LogP) is 1.71. The molecule has 2 aromatic rings. The van der Waals surface area contributed by atoms with E-state index in [1.54, 1.807) is 6.33 Å². The van der Waals surface area contributed by atoms with Crippen LogP contribution in [0.2, 0.25) is 0 Å². The van der Waals surface area contributed by atoms with E-state index in [2.05, 4.69) is 15.0 Å². The summed E-state index contributed by atoms with van der Waals surface area (Å²) in [5, 5.41) is 0. The maximum absolute atomic E-state index is 13.2. The summed E-state index contributed by atoms with van der Waals surface area (Å²) in [5.41, 5.74) is 7.00. The third-order valence-electron chi connectivity index (χ3n) is 5.23. The minimum Gasteiger partial charge on any atom is -0.382 e. The highest BCUT2D eigenvalue weighted by Crippen LogP contribution is 2.59. The number of imidazole rings is 1. The lowest BCUT2D eigenvalue weighted by atomic mass is 10.2. The molecule has 3 saturated heterocycles. The Kier molecular flexibility index (Phi) is 3.98. The van der Waals surface area contributed by atoms with Gasteiger partial charge in [0.2, 0.25) is 0 Å². The van der Waals surface area contributed by atoms with Gasteiger partial charge in [-0.3, -0.25) is 13.6 Å². The first-order valence-electron chi connectivity index (χ1n) is 8.91. The Hall–Kier alpha value is -1.58. The largest absolute Gasteiger partial charge is 0.408 e. The third kappa shape index (κ3) is 2.64. The summed E-state index contributed by atoms with van der Waals surface area (Å²) in [6.07, 6.45) is 5.94. The maximum atomic E-state index is 13.2. The summed E-state index contributed by atoms with van der Waals surface area (Å²) in [4.78, 5) is 12.5. The van der Waals surface area contributed by atoms with Gasteiger partial charge in [0.1, 0.15) is 30.3 Å². The molecule has 0 bridgehead atoms. The van der Waals surface area contributed by atoms with E-state index in [-0.39, 0.29) is 25.0 Å². The van der Waals surface area contributed by atoms with Crippen molar-refractivity contribution in [2.45, 2.75) is 44.1 Å². The molecule has 5 heterocycles. The molecule has 0 amide bonds. The number of piperidine rings is 1. The Labute approximate surface area is 150 Å². The van der Waals surface area contributed by atoms with Crippen LogP contribution in [0.3, 0.4) is 0 Å². The molecule has 5 rings (SSSR count). The SMILES string of the molecule is Nc1ncnc2c1ncn2[C@H]1C[C@@H]2O[P@@](=O)(N3CCCCC3)OC[C@H]2O1. The topological polar surface area (TPSA) is 118 Å². The van der Waals surface area contributed by atoms with Crippen molar-refractivity contribution >= 4 is 24.7 Å².